The van der Waals surface area contributed by atoms with Crippen molar-refractivity contribution in [1.82, 2.24) is 14.8 Å². The maximum absolute atomic E-state index is 14.7. The predicted octanol–water partition coefficient (Wildman–Crippen LogP) is 4.19. The minimum Gasteiger partial charge on any atom is -0.447 e. The van der Waals surface area contributed by atoms with Gasteiger partial charge in [-0.05, 0) is 63.4 Å². The van der Waals surface area contributed by atoms with Crippen LogP contribution in [0.5, 0.6) is 0 Å². The number of benzene rings is 1. The van der Waals surface area contributed by atoms with Crippen molar-refractivity contribution in [2.75, 3.05) is 25.0 Å². The van der Waals surface area contributed by atoms with Crippen molar-refractivity contribution in [3.8, 4) is 0 Å². The Bertz CT molecular complexity index is 975. The van der Waals surface area contributed by atoms with Gasteiger partial charge in [0.2, 0.25) is 0 Å². The molecule has 9 heteroatoms. The molecule has 2 N–H and O–H groups in total. The monoisotopic (exact) mass is 457 g/mol. The number of carbonyl (C=O) groups is 2. The van der Waals surface area contributed by atoms with Crippen LogP contribution in [0.2, 0.25) is 0 Å². The molecule has 1 aromatic heterocycles. The lowest BCUT2D eigenvalue weighted by atomic mass is 10.0. The number of rotatable bonds is 6. The van der Waals surface area contributed by atoms with Crippen LogP contribution in [0.4, 0.5) is 25.4 Å². The molecule has 0 aliphatic carbocycles. The van der Waals surface area contributed by atoms with Crippen LogP contribution in [0.25, 0.3) is 0 Å². The number of aryl methyl sites for hydroxylation is 1. The first-order valence-corrected chi connectivity index (χ1v) is 11.1. The number of ether oxygens (including phenoxy) is 1. The Morgan fingerprint density at radius 3 is 2.52 bits per heavy atom. The fourth-order valence-corrected chi connectivity index (χ4v) is 3.96. The number of likely N-dealkylation sites (tertiary alicyclic amines) is 1. The molecule has 1 fully saturated rings. The Kier molecular flexibility index (Phi) is 7.86. The minimum absolute atomic E-state index is 0.0942. The molecule has 1 aliphatic rings. The number of hydrogen-bond acceptors (Lipinski definition) is 5. The van der Waals surface area contributed by atoms with E-state index in [-0.39, 0.29) is 23.9 Å². The van der Waals surface area contributed by atoms with Crippen molar-refractivity contribution >= 4 is 23.5 Å². The van der Waals surface area contributed by atoms with Gasteiger partial charge < -0.3 is 15.4 Å². The van der Waals surface area contributed by atoms with E-state index in [1.54, 1.807) is 36.2 Å². The van der Waals surface area contributed by atoms with Crippen LogP contribution in [0.15, 0.2) is 36.5 Å². The van der Waals surface area contributed by atoms with Gasteiger partial charge in [0.05, 0.1) is 23.7 Å². The summed E-state index contributed by atoms with van der Waals surface area (Å²) in [6, 6.07) is 7.48. The van der Waals surface area contributed by atoms with E-state index in [9.17, 15) is 14.0 Å². The molecular formula is C24H32FN5O3. The number of halogens is 1. The molecule has 178 valence electrons. The highest BCUT2D eigenvalue weighted by Crippen LogP contribution is 2.29. The Morgan fingerprint density at radius 2 is 1.94 bits per heavy atom. The van der Waals surface area contributed by atoms with E-state index in [0.717, 1.165) is 42.1 Å². The molecule has 0 spiro atoms. The Balaban J connectivity index is 1.68. The summed E-state index contributed by atoms with van der Waals surface area (Å²) in [7, 11) is 1.77. The molecule has 1 saturated heterocycles. The van der Waals surface area contributed by atoms with E-state index in [2.05, 4.69) is 9.88 Å². The molecule has 0 radical (unpaired) electrons. The fourth-order valence-electron chi connectivity index (χ4n) is 3.96. The maximum atomic E-state index is 14.7. The van der Waals surface area contributed by atoms with Crippen LogP contribution >= 0.6 is 0 Å². The van der Waals surface area contributed by atoms with Gasteiger partial charge in [-0.25, -0.2) is 14.0 Å². The quantitative estimate of drug-likeness (QED) is 0.702. The van der Waals surface area contributed by atoms with E-state index in [0.29, 0.717) is 12.2 Å². The molecule has 0 atom stereocenters. The van der Waals surface area contributed by atoms with Crippen LogP contribution < -0.4 is 10.6 Å². The van der Waals surface area contributed by atoms with E-state index < -0.39 is 11.8 Å². The highest BCUT2D eigenvalue weighted by atomic mass is 19.1. The molecule has 8 nitrogen and oxygen atoms in total. The molecule has 2 heterocycles. The van der Waals surface area contributed by atoms with Gasteiger partial charge in [-0.3, -0.25) is 14.8 Å². The van der Waals surface area contributed by atoms with E-state index in [1.807, 2.05) is 20.8 Å². The number of carbonyl (C=O) groups excluding carboxylic acids is 2. The van der Waals surface area contributed by atoms with Gasteiger partial charge in [0, 0.05) is 38.4 Å². The number of aromatic nitrogens is 1. The van der Waals surface area contributed by atoms with E-state index in [1.165, 1.54) is 12.3 Å². The first kappa shape index (κ1) is 24.4. The summed E-state index contributed by atoms with van der Waals surface area (Å²) >= 11 is 0. The first-order valence-electron chi connectivity index (χ1n) is 11.1. The van der Waals surface area contributed by atoms with Crippen molar-refractivity contribution in [1.29, 1.82) is 0 Å². The lowest BCUT2D eigenvalue weighted by Crippen LogP contribution is -2.45. The lowest BCUT2D eigenvalue weighted by molar-refractivity contribution is 0.0572. The number of primary amides is 1. The molecule has 33 heavy (non-hydrogen) atoms. The summed E-state index contributed by atoms with van der Waals surface area (Å²) in [4.78, 5) is 33.6. The number of piperidine rings is 1. The molecule has 3 amide bonds. The second-order valence-electron chi connectivity index (χ2n) is 8.67. The SMILES string of the molecule is Cc1ccc(N(C(N)=O)c2cc(CN3CCC(N(C)C(=O)OC(C)C)CC3)ccc2F)cn1. The van der Waals surface area contributed by atoms with Crippen LogP contribution in [-0.2, 0) is 11.3 Å². The summed E-state index contributed by atoms with van der Waals surface area (Å²) in [6.07, 6.45) is 2.69. The molecular weight excluding hydrogens is 425 g/mol. The van der Waals surface area contributed by atoms with Gasteiger partial charge >= 0.3 is 12.1 Å². The number of nitrogens with two attached hydrogens (primary N) is 1. The van der Waals surface area contributed by atoms with Crippen molar-refractivity contribution in [2.24, 2.45) is 5.73 Å². The average molecular weight is 458 g/mol. The summed E-state index contributed by atoms with van der Waals surface area (Å²) in [5, 5.41) is 0. The lowest BCUT2D eigenvalue weighted by Gasteiger charge is -2.36. The van der Waals surface area contributed by atoms with Crippen molar-refractivity contribution in [3.63, 3.8) is 0 Å². The highest BCUT2D eigenvalue weighted by molar-refractivity contribution is 5.98. The Hall–Kier alpha value is -3.20. The molecule has 0 unspecified atom stereocenters. The van der Waals surface area contributed by atoms with E-state index >= 15 is 0 Å². The molecule has 0 saturated carbocycles. The molecule has 1 aromatic carbocycles. The zero-order chi connectivity index (χ0) is 24.1. The number of pyridine rings is 1. The third kappa shape index (κ3) is 6.19. The highest BCUT2D eigenvalue weighted by Gasteiger charge is 2.27. The van der Waals surface area contributed by atoms with Crippen molar-refractivity contribution in [3.05, 3.63) is 53.6 Å². The Labute approximate surface area is 194 Å². The van der Waals surface area contributed by atoms with Crippen LogP contribution in [0, 0.1) is 12.7 Å². The summed E-state index contributed by atoms with van der Waals surface area (Å²) < 4.78 is 20.0. The second kappa shape index (κ2) is 10.6. The predicted molar refractivity (Wildman–Crippen MR) is 125 cm³/mol. The minimum atomic E-state index is -0.783. The molecule has 1 aliphatic heterocycles. The third-order valence-corrected chi connectivity index (χ3v) is 5.76. The van der Waals surface area contributed by atoms with Crippen molar-refractivity contribution < 1.29 is 18.7 Å². The van der Waals surface area contributed by atoms with Gasteiger partial charge in [0.1, 0.15) is 5.82 Å². The molecule has 2 aromatic rings. The summed E-state index contributed by atoms with van der Waals surface area (Å²) in [5.41, 5.74) is 7.72. The van der Waals surface area contributed by atoms with Crippen molar-refractivity contribution in [2.45, 2.75) is 52.3 Å². The summed E-state index contributed by atoms with van der Waals surface area (Å²) in [5.74, 6) is -0.540. The first-order chi connectivity index (χ1) is 15.7. The zero-order valence-corrected chi connectivity index (χ0v) is 19.6. The normalized spacial score (nSPS) is 14.8. The molecule has 3 rings (SSSR count). The number of amides is 3. The number of anilines is 2. The summed E-state index contributed by atoms with van der Waals surface area (Å²) in [6.45, 7) is 7.67. The maximum Gasteiger partial charge on any atom is 0.410 e. The van der Waals surface area contributed by atoms with Crippen LogP contribution in [-0.4, -0.2) is 59.2 Å². The Morgan fingerprint density at radius 1 is 1.24 bits per heavy atom. The van der Waals surface area contributed by atoms with Gasteiger partial charge in [-0.15, -0.1) is 0 Å². The van der Waals surface area contributed by atoms with E-state index in [4.69, 9.17) is 10.5 Å². The number of hydrogen-bond donors (Lipinski definition) is 1. The fraction of sp³-hybridized carbons (Fsp3) is 0.458. The second-order valence-corrected chi connectivity index (χ2v) is 8.67. The average Bonchev–Trinajstić information content (AvgIpc) is 2.76. The largest absolute Gasteiger partial charge is 0.447 e. The number of urea groups is 1. The van der Waals surface area contributed by atoms with Gasteiger partial charge in [0.25, 0.3) is 0 Å². The standard InChI is InChI=1S/C24H32FN5O3/c1-16(2)33-24(32)28(4)19-9-11-29(12-10-19)15-18-6-8-21(25)22(13-18)30(23(26)31)20-7-5-17(3)27-14-20/h5-8,13-14,16,19H,9-12,15H2,1-4H3,(H2,26,31). The van der Waals surface area contributed by atoms with Crippen LogP contribution in [0.3, 0.4) is 0 Å². The number of nitrogens with zero attached hydrogens (tertiary/aromatic N) is 4. The third-order valence-electron chi connectivity index (χ3n) is 5.76. The smallest absolute Gasteiger partial charge is 0.410 e. The zero-order valence-electron chi connectivity index (χ0n) is 19.6. The van der Waals surface area contributed by atoms with Gasteiger partial charge in [0.15, 0.2) is 0 Å². The van der Waals surface area contributed by atoms with Crippen LogP contribution in [0.1, 0.15) is 37.9 Å². The van der Waals surface area contributed by atoms with Gasteiger partial charge in [-0.2, -0.15) is 0 Å². The molecule has 0 bridgehead atoms. The van der Waals surface area contributed by atoms with Gasteiger partial charge in [-0.1, -0.05) is 6.07 Å². The topological polar surface area (TPSA) is 92.0 Å².